The molecule has 1 aromatic carbocycles. The molecule has 3 rings (SSSR count). The summed E-state index contributed by atoms with van der Waals surface area (Å²) in [6.45, 7) is 5.82. The average Bonchev–Trinajstić information content (AvgIpc) is 2.67. The van der Waals surface area contributed by atoms with E-state index in [4.69, 9.17) is 19.4 Å². The third kappa shape index (κ3) is 4.67. The molecule has 0 saturated carbocycles. The first-order valence-corrected chi connectivity index (χ1v) is 8.57. The Morgan fingerprint density at radius 3 is 2.48 bits per heavy atom. The van der Waals surface area contributed by atoms with Crippen LogP contribution in [0.3, 0.4) is 0 Å². The van der Waals surface area contributed by atoms with Crippen LogP contribution in [0.5, 0.6) is 5.75 Å². The van der Waals surface area contributed by atoms with E-state index >= 15 is 0 Å². The van der Waals surface area contributed by atoms with Gasteiger partial charge in [-0.3, -0.25) is 9.69 Å². The van der Waals surface area contributed by atoms with Gasteiger partial charge in [0.15, 0.2) is 0 Å². The highest BCUT2D eigenvalue weighted by molar-refractivity contribution is 5.96. The maximum atomic E-state index is 11.9. The van der Waals surface area contributed by atoms with E-state index in [9.17, 15) is 10.1 Å². The van der Waals surface area contributed by atoms with Gasteiger partial charge in [-0.05, 0) is 6.07 Å². The number of rotatable bonds is 4. The lowest BCUT2D eigenvalue weighted by molar-refractivity contribution is -0.122. The summed E-state index contributed by atoms with van der Waals surface area (Å²) in [5.74, 6) is -0.182. The standard InChI is InChI=1S/C17H22N4O3.CH2O2/c1-23-15-8-13(7-12(9-18)16(15)17(22)24-2)21-10-14(11-21)20-5-3-19-4-6-20;2-1-3/h7-8,14,19H,3-6,10-11H2,1-2H3;1H,(H,2,3). The van der Waals surface area contributed by atoms with Crippen LogP contribution < -0.4 is 15.0 Å². The van der Waals surface area contributed by atoms with Gasteiger partial charge >= 0.3 is 5.97 Å². The molecule has 0 aliphatic carbocycles. The summed E-state index contributed by atoms with van der Waals surface area (Å²) in [5.41, 5.74) is 1.37. The molecule has 2 heterocycles. The molecule has 0 atom stereocenters. The fourth-order valence-corrected chi connectivity index (χ4v) is 3.29. The number of esters is 1. The molecule has 146 valence electrons. The van der Waals surface area contributed by atoms with E-state index in [1.54, 1.807) is 12.1 Å². The first-order chi connectivity index (χ1) is 13.1. The number of carbonyl (C=O) groups excluding carboxylic acids is 1. The SMILES string of the molecule is COC(=O)c1c(C#N)cc(N2CC(N3CCNCC3)C2)cc1OC.O=CO. The van der Waals surface area contributed by atoms with Crippen LogP contribution in [0.2, 0.25) is 0 Å². The summed E-state index contributed by atoms with van der Waals surface area (Å²) < 4.78 is 10.1. The molecule has 2 aliphatic rings. The number of piperazine rings is 1. The van der Waals surface area contributed by atoms with Crippen LogP contribution >= 0.6 is 0 Å². The van der Waals surface area contributed by atoms with Crippen molar-refractivity contribution in [3.05, 3.63) is 23.3 Å². The number of anilines is 1. The van der Waals surface area contributed by atoms with E-state index in [0.29, 0.717) is 11.8 Å². The monoisotopic (exact) mass is 376 g/mol. The van der Waals surface area contributed by atoms with Gasteiger partial charge in [-0.1, -0.05) is 0 Å². The summed E-state index contributed by atoms with van der Waals surface area (Å²) in [4.78, 5) is 25.0. The molecule has 0 spiro atoms. The summed E-state index contributed by atoms with van der Waals surface area (Å²) in [7, 11) is 2.79. The lowest BCUT2D eigenvalue weighted by Gasteiger charge is -2.48. The molecular weight excluding hydrogens is 352 g/mol. The summed E-state index contributed by atoms with van der Waals surface area (Å²) >= 11 is 0. The highest BCUT2D eigenvalue weighted by atomic mass is 16.5. The second kappa shape index (κ2) is 9.75. The maximum Gasteiger partial charge on any atom is 0.343 e. The first kappa shape index (κ1) is 20.5. The smallest absolute Gasteiger partial charge is 0.343 e. The third-order valence-corrected chi connectivity index (χ3v) is 4.71. The number of nitrogens with one attached hydrogen (secondary N) is 1. The number of nitriles is 1. The molecule has 2 fully saturated rings. The summed E-state index contributed by atoms with van der Waals surface area (Å²) in [5, 5.41) is 19.6. The average molecular weight is 376 g/mol. The molecule has 0 unspecified atom stereocenters. The Balaban J connectivity index is 0.000000817. The van der Waals surface area contributed by atoms with Gasteiger partial charge in [0.25, 0.3) is 6.47 Å². The van der Waals surface area contributed by atoms with Crippen LogP contribution in [0.25, 0.3) is 0 Å². The van der Waals surface area contributed by atoms with Crippen molar-refractivity contribution in [3.8, 4) is 11.8 Å². The van der Waals surface area contributed by atoms with Crippen LogP contribution in [-0.2, 0) is 9.53 Å². The van der Waals surface area contributed by atoms with Gasteiger partial charge in [-0.25, -0.2) is 4.79 Å². The fourth-order valence-electron chi connectivity index (χ4n) is 3.29. The van der Waals surface area contributed by atoms with Crippen LogP contribution in [0.1, 0.15) is 15.9 Å². The molecule has 0 aromatic heterocycles. The van der Waals surface area contributed by atoms with Gasteiger partial charge in [-0.2, -0.15) is 5.26 Å². The lowest BCUT2D eigenvalue weighted by atomic mass is 10.0. The Bertz CT molecular complexity index is 706. The second-order valence-electron chi connectivity index (χ2n) is 6.12. The van der Waals surface area contributed by atoms with Crippen LogP contribution in [0, 0.1) is 11.3 Å². The zero-order chi connectivity index (χ0) is 19.8. The number of carboxylic acid groups (broad SMARTS) is 1. The predicted molar refractivity (Wildman–Crippen MR) is 98.2 cm³/mol. The topological polar surface area (TPSA) is 115 Å². The Hall–Kier alpha value is -2.83. The molecule has 2 N–H and O–H groups in total. The van der Waals surface area contributed by atoms with Crippen molar-refractivity contribution in [2.24, 2.45) is 0 Å². The predicted octanol–water partition coefficient (Wildman–Crippen LogP) is 0.148. The molecule has 9 heteroatoms. The Morgan fingerprint density at radius 2 is 1.96 bits per heavy atom. The molecular formula is C18H24N4O5. The maximum absolute atomic E-state index is 11.9. The van der Waals surface area contributed by atoms with Crippen molar-refractivity contribution in [2.45, 2.75) is 6.04 Å². The highest BCUT2D eigenvalue weighted by Crippen LogP contribution is 2.32. The van der Waals surface area contributed by atoms with Gasteiger partial charge in [0.05, 0.1) is 19.8 Å². The quantitative estimate of drug-likeness (QED) is 0.559. The summed E-state index contributed by atoms with van der Waals surface area (Å²) in [6.07, 6.45) is 0. The van der Waals surface area contributed by atoms with Crippen molar-refractivity contribution in [3.63, 3.8) is 0 Å². The normalized spacial score (nSPS) is 17.0. The highest BCUT2D eigenvalue weighted by Gasteiger charge is 2.33. The molecule has 2 saturated heterocycles. The minimum absolute atomic E-state index is 0.186. The first-order valence-electron chi connectivity index (χ1n) is 8.57. The number of hydrogen-bond donors (Lipinski definition) is 2. The van der Waals surface area contributed by atoms with Gasteiger partial charge in [0, 0.05) is 57.1 Å². The van der Waals surface area contributed by atoms with Crippen molar-refractivity contribution in [2.75, 3.05) is 58.4 Å². The Kier molecular flexibility index (Phi) is 7.40. The van der Waals surface area contributed by atoms with E-state index in [2.05, 4.69) is 21.2 Å². The number of methoxy groups -OCH3 is 2. The summed E-state index contributed by atoms with van der Waals surface area (Å²) in [6, 6.07) is 6.17. The van der Waals surface area contributed by atoms with Crippen molar-refractivity contribution < 1.29 is 24.2 Å². The lowest BCUT2D eigenvalue weighted by Crippen LogP contribution is -2.62. The van der Waals surface area contributed by atoms with E-state index < -0.39 is 5.97 Å². The second-order valence-corrected chi connectivity index (χ2v) is 6.12. The molecule has 27 heavy (non-hydrogen) atoms. The molecule has 0 bridgehead atoms. The van der Waals surface area contributed by atoms with Crippen molar-refractivity contribution >= 4 is 18.1 Å². The van der Waals surface area contributed by atoms with Crippen LogP contribution in [0.15, 0.2) is 12.1 Å². The van der Waals surface area contributed by atoms with Crippen molar-refractivity contribution in [1.82, 2.24) is 10.2 Å². The van der Waals surface area contributed by atoms with Gasteiger partial charge < -0.3 is 24.8 Å². The number of hydrogen-bond acceptors (Lipinski definition) is 8. The van der Waals surface area contributed by atoms with Gasteiger partial charge in [-0.15, -0.1) is 0 Å². The number of benzene rings is 1. The van der Waals surface area contributed by atoms with E-state index in [1.807, 2.05) is 0 Å². The Morgan fingerprint density at radius 1 is 1.33 bits per heavy atom. The molecule has 0 radical (unpaired) electrons. The third-order valence-electron chi connectivity index (χ3n) is 4.71. The number of nitrogens with zero attached hydrogens (tertiary/aromatic N) is 3. The molecule has 1 aromatic rings. The fraction of sp³-hybridized carbons (Fsp3) is 0.500. The Labute approximate surface area is 158 Å². The number of carbonyl (C=O) groups is 2. The molecule has 2 aliphatic heterocycles. The minimum atomic E-state index is -0.558. The zero-order valence-corrected chi connectivity index (χ0v) is 15.5. The van der Waals surface area contributed by atoms with E-state index in [1.165, 1.54) is 14.2 Å². The van der Waals surface area contributed by atoms with E-state index in [-0.39, 0.29) is 17.6 Å². The molecule has 9 nitrogen and oxygen atoms in total. The largest absolute Gasteiger partial charge is 0.496 e. The van der Waals surface area contributed by atoms with Gasteiger partial charge in [0.1, 0.15) is 17.4 Å². The van der Waals surface area contributed by atoms with Crippen LogP contribution in [0.4, 0.5) is 5.69 Å². The van der Waals surface area contributed by atoms with Gasteiger partial charge in [0.2, 0.25) is 0 Å². The van der Waals surface area contributed by atoms with Crippen LogP contribution in [-0.4, -0.2) is 82.0 Å². The molecule has 0 amide bonds. The van der Waals surface area contributed by atoms with E-state index in [0.717, 1.165) is 45.0 Å². The van der Waals surface area contributed by atoms with Crippen molar-refractivity contribution in [1.29, 1.82) is 5.26 Å². The minimum Gasteiger partial charge on any atom is -0.496 e. The zero-order valence-electron chi connectivity index (χ0n) is 15.5. The number of ether oxygens (including phenoxy) is 2.